The van der Waals surface area contributed by atoms with E-state index >= 15 is 0 Å². The monoisotopic (exact) mass is 291 g/mol. The second kappa shape index (κ2) is 5.01. The van der Waals surface area contributed by atoms with Crippen LogP contribution < -0.4 is 0 Å². The van der Waals surface area contributed by atoms with E-state index < -0.39 is 10.0 Å². The third-order valence-corrected chi connectivity index (χ3v) is 6.57. The van der Waals surface area contributed by atoms with Crippen LogP contribution in [0.25, 0.3) is 0 Å². The predicted molar refractivity (Wildman–Crippen MR) is 80.0 cm³/mol. The lowest BCUT2D eigenvalue weighted by Crippen LogP contribution is -2.44. The standard InChI is InChI=1S/C16H21NO2S/c1-3-13-10-14-6-7-15(11-13)17(14)20(18,19)16-8-4-12(2)5-9-16/h3-5,8-9,14-15H,6-7,10-11H2,1-2H3. The molecule has 2 bridgehead atoms. The van der Waals surface area contributed by atoms with Crippen LogP contribution in [0.1, 0.15) is 38.2 Å². The van der Waals surface area contributed by atoms with E-state index in [1.54, 1.807) is 16.4 Å². The Morgan fingerprint density at radius 3 is 2.15 bits per heavy atom. The molecule has 2 fully saturated rings. The minimum Gasteiger partial charge on any atom is -0.207 e. The number of nitrogens with zero attached hydrogens (tertiary/aromatic N) is 1. The molecule has 4 heteroatoms. The van der Waals surface area contributed by atoms with Gasteiger partial charge in [-0.1, -0.05) is 29.3 Å². The van der Waals surface area contributed by atoms with E-state index in [-0.39, 0.29) is 12.1 Å². The normalized spacial score (nSPS) is 26.8. The van der Waals surface area contributed by atoms with Gasteiger partial charge in [0.1, 0.15) is 0 Å². The minimum atomic E-state index is -3.34. The van der Waals surface area contributed by atoms with E-state index in [9.17, 15) is 8.42 Å². The molecule has 0 amide bonds. The van der Waals surface area contributed by atoms with Crippen molar-refractivity contribution in [3.05, 3.63) is 41.5 Å². The Bertz CT molecular complexity index is 615. The first-order valence-electron chi connectivity index (χ1n) is 7.26. The molecule has 3 rings (SSSR count). The van der Waals surface area contributed by atoms with Gasteiger partial charge in [0.25, 0.3) is 0 Å². The molecule has 0 aromatic heterocycles. The summed E-state index contributed by atoms with van der Waals surface area (Å²) in [5.41, 5.74) is 2.50. The van der Waals surface area contributed by atoms with Crippen molar-refractivity contribution in [2.75, 3.05) is 0 Å². The van der Waals surface area contributed by atoms with Crippen LogP contribution in [-0.2, 0) is 10.0 Å². The van der Waals surface area contributed by atoms with E-state index in [2.05, 4.69) is 13.0 Å². The van der Waals surface area contributed by atoms with Crippen LogP contribution in [0.2, 0.25) is 0 Å². The number of sulfonamides is 1. The average molecular weight is 291 g/mol. The number of benzene rings is 1. The summed E-state index contributed by atoms with van der Waals surface area (Å²) in [5, 5.41) is 0. The van der Waals surface area contributed by atoms with Crippen molar-refractivity contribution in [1.82, 2.24) is 4.31 Å². The Morgan fingerprint density at radius 2 is 1.65 bits per heavy atom. The fourth-order valence-electron chi connectivity index (χ4n) is 3.47. The lowest BCUT2D eigenvalue weighted by molar-refractivity contribution is 0.285. The number of hydrogen-bond donors (Lipinski definition) is 0. The first kappa shape index (κ1) is 13.8. The van der Waals surface area contributed by atoms with Crippen molar-refractivity contribution in [3.8, 4) is 0 Å². The molecule has 2 saturated heterocycles. The smallest absolute Gasteiger partial charge is 0.207 e. The number of hydrogen-bond acceptors (Lipinski definition) is 2. The third-order valence-electron chi connectivity index (χ3n) is 4.55. The molecule has 0 radical (unpaired) electrons. The molecule has 2 aliphatic rings. The zero-order valence-corrected chi connectivity index (χ0v) is 12.9. The largest absolute Gasteiger partial charge is 0.243 e. The third kappa shape index (κ3) is 2.21. The van der Waals surface area contributed by atoms with Gasteiger partial charge < -0.3 is 0 Å². The van der Waals surface area contributed by atoms with Crippen molar-refractivity contribution >= 4 is 10.0 Å². The highest BCUT2D eigenvalue weighted by Gasteiger charge is 2.45. The first-order valence-corrected chi connectivity index (χ1v) is 8.70. The molecular formula is C16H21NO2S. The highest BCUT2D eigenvalue weighted by atomic mass is 32.2. The number of rotatable bonds is 2. The van der Waals surface area contributed by atoms with Gasteiger partial charge >= 0.3 is 0 Å². The number of aryl methyl sites for hydroxylation is 1. The summed E-state index contributed by atoms with van der Waals surface area (Å²) in [6.45, 7) is 4.03. The maximum atomic E-state index is 12.9. The number of piperidine rings is 1. The topological polar surface area (TPSA) is 37.4 Å². The lowest BCUT2D eigenvalue weighted by Gasteiger charge is -2.35. The average Bonchev–Trinajstić information content (AvgIpc) is 2.71. The second-order valence-corrected chi connectivity index (χ2v) is 7.73. The summed E-state index contributed by atoms with van der Waals surface area (Å²) in [4.78, 5) is 0.434. The molecule has 0 aliphatic carbocycles. The SMILES string of the molecule is CC=C1CC2CCC(C1)N2S(=O)(=O)c1ccc(C)cc1. The van der Waals surface area contributed by atoms with E-state index in [4.69, 9.17) is 0 Å². The summed E-state index contributed by atoms with van der Waals surface area (Å²) in [7, 11) is -3.34. The van der Waals surface area contributed by atoms with Crippen molar-refractivity contribution in [1.29, 1.82) is 0 Å². The van der Waals surface area contributed by atoms with Gasteiger partial charge in [0.05, 0.1) is 4.90 Å². The van der Waals surface area contributed by atoms with E-state index in [1.165, 1.54) is 5.57 Å². The maximum absolute atomic E-state index is 12.9. The van der Waals surface area contributed by atoms with Gasteiger partial charge in [-0.25, -0.2) is 8.42 Å². The molecule has 0 saturated carbocycles. The van der Waals surface area contributed by atoms with Crippen molar-refractivity contribution in [2.45, 2.75) is 56.5 Å². The summed E-state index contributed by atoms with van der Waals surface area (Å²) >= 11 is 0. The van der Waals surface area contributed by atoms with Crippen LogP contribution in [-0.4, -0.2) is 24.8 Å². The Kier molecular flexibility index (Phi) is 3.46. The van der Waals surface area contributed by atoms with Gasteiger partial charge in [-0.2, -0.15) is 4.31 Å². The number of allylic oxidation sites excluding steroid dienone is 1. The molecule has 3 nitrogen and oxygen atoms in total. The van der Waals surface area contributed by atoms with Gasteiger partial charge in [-0.15, -0.1) is 0 Å². The Balaban J connectivity index is 1.95. The lowest BCUT2D eigenvalue weighted by atomic mass is 9.99. The Morgan fingerprint density at radius 1 is 1.10 bits per heavy atom. The molecule has 1 aromatic carbocycles. The van der Waals surface area contributed by atoms with Gasteiger partial charge in [-0.3, -0.25) is 0 Å². The van der Waals surface area contributed by atoms with Crippen LogP contribution in [0, 0.1) is 6.92 Å². The van der Waals surface area contributed by atoms with Crippen molar-refractivity contribution < 1.29 is 8.42 Å². The summed E-state index contributed by atoms with van der Waals surface area (Å²) in [6, 6.07) is 7.52. The van der Waals surface area contributed by atoms with Gasteiger partial charge in [0.15, 0.2) is 0 Å². The molecule has 108 valence electrons. The van der Waals surface area contributed by atoms with Crippen LogP contribution >= 0.6 is 0 Å². The zero-order chi connectivity index (χ0) is 14.3. The quantitative estimate of drug-likeness (QED) is 0.784. The molecule has 2 aliphatic heterocycles. The fraction of sp³-hybridized carbons (Fsp3) is 0.500. The maximum Gasteiger partial charge on any atom is 0.243 e. The van der Waals surface area contributed by atoms with E-state index in [1.807, 2.05) is 19.1 Å². The Labute approximate surface area is 121 Å². The minimum absolute atomic E-state index is 0.159. The van der Waals surface area contributed by atoms with Gasteiger partial charge in [-0.05, 0) is 51.7 Å². The second-order valence-electron chi connectivity index (χ2n) is 5.89. The van der Waals surface area contributed by atoms with Gasteiger partial charge in [0, 0.05) is 12.1 Å². The summed E-state index contributed by atoms with van der Waals surface area (Å²) < 4.78 is 27.5. The first-order chi connectivity index (χ1) is 9.52. The molecule has 2 atom stereocenters. The molecule has 0 N–H and O–H groups in total. The number of fused-ring (bicyclic) bond motifs is 2. The Hall–Kier alpha value is -1.13. The fourth-order valence-corrected chi connectivity index (χ4v) is 5.34. The predicted octanol–water partition coefficient (Wildman–Crippen LogP) is 3.26. The zero-order valence-electron chi connectivity index (χ0n) is 12.0. The highest BCUT2D eigenvalue weighted by Crippen LogP contribution is 2.41. The van der Waals surface area contributed by atoms with Crippen molar-refractivity contribution in [3.63, 3.8) is 0 Å². The van der Waals surface area contributed by atoms with E-state index in [0.29, 0.717) is 4.90 Å². The molecule has 20 heavy (non-hydrogen) atoms. The molecule has 1 aromatic rings. The molecule has 2 heterocycles. The van der Waals surface area contributed by atoms with Crippen LogP contribution in [0.5, 0.6) is 0 Å². The van der Waals surface area contributed by atoms with Crippen LogP contribution in [0.4, 0.5) is 0 Å². The highest BCUT2D eigenvalue weighted by molar-refractivity contribution is 7.89. The molecule has 2 unspecified atom stereocenters. The van der Waals surface area contributed by atoms with Crippen molar-refractivity contribution in [2.24, 2.45) is 0 Å². The summed E-state index contributed by atoms with van der Waals surface area (Å²) in [5.74, 6) is 0. The van der Waals surface area contributed by atoms with E-state index in [0.717, 1.165) is 31.2 Å². The molecular weight excluding hydrogens is 270 g/mol. The molecule has 0 spiro atoms. The van der Waals surface area contributed by atoms with Crippen LogP contribution in [0.3, 0.4) is 0 Å². The summed E-state index contributed by atoms with van der Waals surface area (Å²) in [6.07, 6.45) is 5.94. The van der Waals surface area contributed by atoms with Crippen LogP contribution in [0.15, 0.2) is 40.8 Å². The van der Waals surface area contributed by atoms with Gasteiger partial charge in [0.2, 0.25) is 10.0 Å².